The molecule has 2 heterocycles. The molecule has 0 aliphatic carbocycles. The van der Waals surface area contributed by atoms with Gasteiger partial charge in [0.2, 0.25) is 0 Å². The molecule has 4 nitrogen and oxygen atoms in total. The summed E-state index contributed by atoms with van der Waals surface area (Å²) in [5.41, 5.74) is 5.09. The average Bonchev–Trinajstić information content (AvgIpc) is 2.60. The highest BCUT2D eigenvalue weighted by Gasteiger charge is 2.16. The summed E-state index contributed by atoms with van der Waals surface area (Å²) >= 11 is 6.23. The first-order valence-corrected chi connectivity index (χ1v) is 6.67. The van der Waals surface area contributed by atoms with Gasteiger partial charge < -0.3 is 5.32 Å². The Kier molecular flexibility index (Phi) is 3.92. The second-order valence-electron chi connectivity index (χ2n) is 4.81. The number of aryl methyl sites for hydroxylation is 3. The van der Waals surface area contributed by atoms with Crippen molar-refractivity contribution in [2.75, 3.05) is 7.05 Å². The molecule has 0 saturated heterocycles. The van der Waals surface area contributed by atoms with Crippen molar-refractivity contribution in [3.8, 4) is 5.82 Å². The van der Waals surface area contributed by atoms with Crippen molar-refractivity contribution in [3.63, 3.8) is 0 Å². The zero-order valence-electron chi connectivity index (χ0n) is 12.0. The molecule has 0 atom stereocenters. The van der Waals surface area contributed by atoms with Gasteiger partial charge in [0.05, 0.1) is 16.4 Å². The van der Waals surface area contributed by atoms with Crippen LogP contribution < -0.4 is 5.32 Å². The van der Waals surface area contributed by atoms with E-state index in [1.165, 1.54) is 5.56 Å². The lowest BCUT2D eigenvalue weighted by molar-refractivity contribution is 0.746. The van der Waals surface area contributed by atoms with Crippen molar-refractivity contribution in [2.24, 2.45) is 0 Å². The number of pyridine rings is 1. The van der Waals surface area contributed by atoms with E-state index < -0.39 is 0 Å². The van der Waals surface area contributed by atoms with Gasteiger partial charge in [-0.1, -0.05) is 11.6 Å². The van der Waals surface area contributed by atoms with Gasteiger partial charge in [0.25, 0.3) is 0 Å². The van der Waals surface area contributed by atoms with Crippen LogP contribution in [0.25, 0.3) is 5.82 Å². The van der Waals surface area contributed by atoms with E-state index in [-0.39, 0.29) is 0 Å². The van der Waals surface area contributed by atoms with Crippen LogP contribution >= 0.6 is 11.6 Å². The minimum absolute atomic E-state index is 0.705. The fourth-order valence-corrected chi connectivity index (χ4v) is 2.36. The Hall–Kier alpha value is -1.39. The topological polar surface area (TPSA) is 42.7 Å². The Labute approximate surface area is 118 Å². The monoisotopic (exact) mass is 278 g/mol. The van der Waals surface area contributed by atoms with Crippen molar-refractivity contribution in [1.82, 2.24) is 20.1 Å². The molecular formula is C14H19ClN4. The highest BCUT2D eigenvalue weighted by molar-refractivity contribution is 6.31. The van der Waals surface area contributed by atoms with E-state index in [0.717, 1.165) is 35.0 Å². The van der Waals surface area contributed by atoms with Crippen LogP contribution in [0, 0.1) is 27.7 Å². The van der Waals surface area contributed by atoms with E-state index in [1.807, 2.05) is 32.5 Å². The zero-order chi connectivity index (χ0) is 14.2. The second kappa shape index (κ2) is 5.31. The van der Waals surface area contributed by atoms with Gasteiger partial charge in [-0.15, -0.1) is 0 Å². The van der Waals surface area contributed by atoms with Crippen molar-refractivity contribution in [3.05, 3.63) is 39.3 Å². The molecule has 5 heteroatoms. The van der Waals surface area contributed by atoms with Crippen LogP contribution in [0.5, 0.6) is 0 Å². The quantitative estimate of drug-likeness (QED) is 0.939. The molecule has 102 valence electrons. The van der Waals surface area contributed by atoms with E-state index in [2.05, 4.69) is 28.4 Å². The normalized spacial score (nSPS) is 11.1. The Bertz CT molecular complexity index is 616. The average molecular weight is 279 g/mol. The van der Waals surface area contributed by atoms with E-state index in [9.17, 15) is 0 Å². The van der Waals surface area contributed by atoms with Crippen LogP contribution in [0.2, 0.25) is 5.02 Å². The van der Waals surface area contributed by atoms with E-state index >= 15 is 0 Å². The minimum Gasteiger partial charge on any atom is -0.316 e. The molecule has 2 rings (SSSR count). The van der Waals surface area contributed by atoms with Gasteiger partial charge in [-0.2, -0.15) is 5.10 Å². The van der Waals surface area contributed by atoms with Crippen LogP contribution in [0.15, 0.2) is 6.07 Å². The van der Waals surface area contributed by atoms with Crippen molar-refractivity contribution < 1.29 is 0 Å². The number of nitrogens with zero attached hydrogens (tertiary/aromatic N) is 3. The van der Waals surface area contributed by atoms with Gasteiger partial charge >= 0.3 is 0 Å². The first kappa shape index (κ1) is 14.0. The Morgan fingerprint density at radius 1 is 1.26 bits per heavy atom. The van der Waals surface area contributed by atoms with Gasteiger partial charge in [-0.05, 0) is 46.4 Å². The van der Waals surface area contributed by atoms with Gasteiger partial charge in [0, 0.05) is 17.8 Å². The lowest BCUT2D eigenvalue weighted by Gasteiger charge is -2.14. The molecule has 0 aromatic carbocycles. The largest absolute Gasteiger partial charge is 0.316 e. The van der Waals surface area contributed by atoms with Crippen molar-refractivity contribution in [2.45, 2.75) is 34.2 Å². The molecule has 0 saturated carbocycles. The lowest BCUT2D eigenvalue weighted by atomic mass is 10.1. The zero-order valence-corrected chi connectivity index (χ0v) is 12.8. The third-order valence-electron chi connectivity index (χ3n) is 3.21. The number of rotatable bonds is 3. The van der Waals surface area contributed by atoms with Crippen molar-refractivity contribution in [1.29, 1.82) is 0 Å². The molecule has 0 fully saturated rings. The first-order chi connectivity index (χ1) is 8.95. The summed E-state index contributed by atoms with van der Waals surface area (Å²) in [6.45, 7) is 8.71. The highest BCUT2D eigenvalue weighted by Crippen LogP contribution is 2.25. The van der Waals surface area contributed by atoms with E-state index in [4.69, 9.17) is 11.6 Å². The summed E-state index contributed by atoms with van der Waals surface area (Å²) in [4.78, 5) is 4.64. The molecule has 2 aromatic heterocycles. The molecular weight excluding hydrogens is 260 g/mol. The number of aromatic nitrogens is 3. The Balaban J connectivity index is 2.69. The molecule has 0 spiro atoms. The Morgan fingerprint density at radius 3 is 2.47 bits per heavy atom. The summed E-state index contributed by atoms with van der Waals surface area (Å²) in [5, 5.41) is 8.39. The Morgan fingerprint density at radius 2 is 1.95 bits per heavy atom. The molecule has 2 aromatic rings. The summed E-state index contributed by atoms with van der Waals surface area (Å²) in [7, 11) is 1.93. The first-order valence-electron chi connectivity index (χ1n) is 6.29. The molecule has 19 heavy (non-hydrogen) atoms. The molecule has 0 aliphatic rings. The number of hydrogen-bond acceptors (Lipinski definition) is 3. The van der Waals surface area contributed by atoms with Crippen LogP contribution in [0.3, 0.4) is 0 Å². The van der Waals surface area contributed by atoms with Gasteiger partial charge in [-0.3, -0.25) is 0 Å². The maximum Gasteiger partial charge on any atom is 0.158 e. The minimum atomic E-state index is 0.705. The van der Waals surface area contributed by atoms with Crippen LogP contribution in [0.1, 0.15) is 28.2 Å². The van der Waals surface area contributed by atoms with Gasteiger partial charge in [0.1, 0.15) is 0 Å². The predicted molar refractivity (Wildman–Crippen MR) is 78.1 cm³/mol. The predicted octanol–water partition coefficient (Wildman–Crippen LogP) is 2.87. The molecule has 0 bridgehead atoms. The summed E-state index contributed by atoms with van der Waals surface area (Å²) in [6.07, 6.45) is 0. The summed E-state index contributed by atoms with van der Waals surface area (Å²) in [5.74, 6) is 0.861. The van der Waals surface area contributed by atoms with Gasteiger partial charge in [0.15, 0.2) is 5.82 Å². The highest BCUT2D eigenvalue weighted by atomic mass is 35.5. The molecule has 0 aliphatic heterocycles. The van der Waals surface area contributed by atoms with Crippen molar-refractivity contribution >= 4 is 11.6 Å². The maximum absolute atomic E-state index is 6.23. The van der Waals surface area contributed by atoms with Crippen LogP contribution in [-0.2, 0) is 6.54 Å². The maximum atomic E-state index is 6.23. The van der Waals surface area contributed by atoms with E-state index in [0.29, 0.717) is 5.02 Å². The van der Waals surface area contributed by atoms with E-state index in [1.54, 1.807) is 0 Å². The smallest absolute Gasteiger partial charge is 0.158 e. The lowest BCUT2D eigenvalue weighted by Crippen LogP contribution is -2.14. The fourth-order valence-electron chi connectivity index (χ4n) is 2.24. The third kappa shape index (κ3) is 2.51. The number of halogens is 1. The molecule has 0 radical (unpaired) electrons. The number of nitrogens with one attached hydrogen (secondary N) is 1. The molecule has 0 unspecified atom stereocenters. The fraction of sp³-hybridized carbons (Fsp3) is 0.429. The third-order valence-corrected chi connectivity index (χ3v) is 3.76. The van der Waals surface area contributed by atoms with Crippen LogP contribution in [0.4, 0.5) is 0 Å². The summed E-state index contributed by atoms with van der Waals surface area (Å²) < 4.78 is 1.84. The SMILES string of the molecule is CNCc1c(C)cc(C)nc1-n1nc(C)c(Cl)c1C. The number of hydrogen-bond donors (Lipinski definition) is 1. The van der Waals surface area contributed by atoms with Gasteiger partial charge in [-0.25, -0.2) is 9.67 Å². The molecule has 1 N–H and O–H groups in total. The van der Waals surface area contributed by atoms with Crippen LogP contribution in [-0.4, -0.2) is 21.8 Å². The molecule has 0 amide bonds. The summed E-state index contributed by atoms with van der Waals surface area (Å²) in [6, 6.07) is 2.09. The standard InChI is InChI=1S/C14H19ClN4/c1-8-6-9(2)17-14(12(8)7-16-5)19-11(4)13(15)10(3)18-19/h6,16H,7H2,1-5H3. The second-order valence-corrected chi connectivity index (χ2v) is 5.19.